The second-order valence-electron chi connectivity index (χ2n) is 4.92. The fraction of sp³-hybridized carbons (Fsp3) is 0.500. The SMILES string of the molecule is Nc1ccc(C(=O)OCCC2CCCC2)c(N)c1. The van der Waals surface area contributed by atoms with Gasteiger partial charge in [-0.1, -0.05) is 25.7 Å². The minimum absolute atomic E-state index is 0.356. The molecule has 0 amide bonds. The molecule has 1 aromatic rings. The first-order valence-electron chi connectivity index (χ1n) is 6.49. The fourth-order valence-corrected chi connectivity index (χ4v) is 2.46. The molecular weight excluding hydrogens is 228 g/mol. The van der Waals surface area contributed by atoms with Gasteiger partial charge in [0.15, 0.2) is 0 Å². The average Bonchev–Trinajstić information content (AvgIpc) is 2.81. The van der Waals surface area contributed by atoms with Crippen LogP contribution in [0.25, 0.3) is 0 Å². The highest BCUT2D eigenvalue weighted by molar-refractivity contribution is 5.95. The van der Waals surface area contributed by atoms with Crippen LogP contribution in [0.5, 0.6) is 0 Å². The Morgan fingerprint density at radius 1 is 1.28 bits per heavy atom. The van der Waals surface area contributed by atoms with Gasteiger partial charge in [-0.15, -0.1) is 0 Å². The van der Waals surface area contributed by atoms with Crippen LogP contribution in [0, 0.1) is 5.92 Å². The number of hydrogen-bond donors (Lipinski definition) is 2. The number of carbonyl (C=O) groups is 1. The quantitative estimate of drug-likeness (QED) is 0.634. The minimum atomic E-state index is -0.356. The average molecular weight is 248 g/mol. The lowest BCUT2D eigenvalue weighted by atomic mass is 10.1. The summed E-state index contributed by atoms with van der Waals surface area (Å²) < 4.78 is 5.25. The second kappa shape index (κ2) is 5.76. The first kappa shape index (κ1) is 12.7. The highest BCUT2D eigenvalue weighted by Gasteiger charge is 2.16. The van der Waals surface area contributed by atoms with Gasteiger partial charge in [0.25, 0.3) is 0 Å². The van der Waals surface area contributed by atoms with E-state index in [0.29, 0.717) is 23.5 Å². The topological polar surface area (TPSA) is 78.3 Å². The van der Waals surface area contributed by atoms with E-state index >= 15 is 0 Å². The number of rotatable bonds is 4. The Hall–Kier alpha value is -1.71. The summed E-state index contributed by atoms with van der Waals surface area (Å²) in [4.78, 5) is 11.8. The number of anilines is 2. The third kappa shape index (κ3) is 3.15. The molecule has 0 aliphatic heterocycles. The molecule has 1 fully saturated rings. The predicted molar refractivity (Wildman–Crippen MR) is 72.1 cm³/mol. The number of ether oxygens (including phenoxy) is 1. The molecule has 0 heterocycles. The maximum atomic E-state index is 11.8. The molecule has 0 spiro atoms. The van der Waals surface area contributed by atoms with Crippen molar-refractivity contribution in [3.63, 3.8) is 0 Å². The van der Waals surface area contributed by atoms with Crippen molar-refractivity contribution in [1.29, 1.82) is 0 Å². The van der Waals surface area contributed by atoms with E-state index in [-0.39, 0.29) is 5.97 Å². The molecule has 0 atom stereocenters. The smallest absolute Gasteiger partial charge is 0.340 e. The van der Waals surface area contributed by atoms with E-state index < -0.39 is 0 Å². The first-order chi connectivity index (χ1) is 8.66. The summed E-state index contributed by atoms with van der Waals surface area (Å²) in [7, 11) is 0. The van der Waals surface area contributed by atoms with Crippen molar-refractivity contribution in [2.75, 3.05) is 18.1 Å². The maximum absolute atomic E-state index is 11.8. The lowest BCUT2D eigenvalue weighted by molar-refractivity contribution is 0.0485. The van der Waals surface area contributed by atoms with Crippen molar-refractivity contribution in [2.45, 2.75) is 32.1 Å². The number of hydrogen-bond acceptors (Lipinski definition) is 4. The molecule has 98 valence electrons. The van der Waals surface area contributed by atoms with Gasteiger partial charge >= 0.3 is 5.97 Å². The molecule has 1 aliphatic carbocycles. The van der Waals surface area contributed by atoms with Crippen molar-refractivity contribution < 1.29 is 9.53 Å². The van der Waals surface area contributed by atoms with Gasteiger partial charge in [0.1, 0.15) is 0 Å². The highest BCUT2D eigenvalue weighted by Crippen LogP contribution is 2.27. The molecular formula is C14H20N2O2. The summed E-state index contributed by atoms with van der Waals surface area (Å²) in [5.41, 5.74) is 12.6. The van der Waals surface area contributed by atoms with Crippen molar-refractivity contribution in [2.24, 2.45) is 5.92 Å². The Morgan fingerprint density at radius 2 is 2.00 bits per heavy atom. The van der Waals surface area contributed by atoms with Gasteiger partial charge in [-0.2, -0.15) is 0 Å². The number of benzene rings is 1. The summed E-state index contributed by atoms with van der Waals surface area (Å²) >= 11 is 0. The molecule has 18 heavy (non-hydrogen) atoms. The Labute approximate surface area is 107 Å². The first-order valence-corrected chi connectivity index (χ1v) is 6.49. The molecule has 1 aliphatic rings. The minimum Gasteiger partial charge on any atom is -0.462 e. The summed E-state index contributed by atoms with van der Waals surface area (Å²) in [6, 6.07) is 4.85. The largest absolute Gasteiger partial charge is 0.462 e. The van der Waals surface area contributed by atoms with Crippen LogP contribution in [0.2, 0.25) is 0 Å². The standard InChI is InChI=1S/C14H20N2O2/c15-11-5-6-12(13(16)9-11)14(17)18-8-7-10-3-1-2-4-10/h5-6,9-10H,1-4,7-8,15-16H2. The Bertz CT molecular complexity index is 426. The van der Waals surface area contributed by atoms with Crippen LogP contribution in [-0.2, 0) is 4.74 Å². The number of carbonyl (C=O) groups excluding carboxylic acids is 1. The van der Waals surface area contributed by atoms with Crippen LogP contribution >= 0.6 is 0 Å². The normalized spacial score (nSPS) is 15.8. The molecule has 4 nitrogen and oxygen atoms in total. The molecule has 4 N–H and O–H groups in total. The van der Waals surface area contributed by atoms with Crippen LogP contribution in [0.1, 0.15) is 42.5 Å². The summed E-state index contributed by atoms with van der Waals surface area (Å²) in [6.07, 6.45) is 6.11. The van der Waals surface area contributed by atoms with E-state index in [9.17, 15) is 4.79 Å². The Kier molecular flexibility index (Phi) is 4.07. The molecule has 1 aromatic carbocycles. The van der Waals surface area contributed by atoms with E-state index in [1.54, 1.807) is 18.2 Å². The monoisotopic (exact) mass is 248 g/mol. The molecule has 0 bridgehead atoms. The van der Waals surface area contributed by atoms with Gasteiger partial charge in [-0.3, -0.25) is 0 Å². The molecule has 0 unspecified atom stereocenters. The molecule has 2 rings (SSSR count). The molecule has 0 saturated heterocycles. The predicted octanol–water partition coefficient (Wildman–Crippen LogP) is 2.59. The van der Waals surface area contributed by atoms with E-state index in [1.165, 1.54) is 25.7 Å². The van der Waals surface area contributed by atoms with E-state index in [2.05, 4.69) is 0 Å². The molecule has 0 radical (unpaired) electrons. The van der Waals surface area contributed by atoms with Crippen molar-refractivity contribution >= 4 is 17.3 Å². The molecule has 0 aromatic heterocycles. The van der Waals surface area contributed by atoms with Crippen molar-refractivity contribution in [3.8, 4) is 0 Å². The van der Waals surface area contributed by atoms with Gasteiger partial charge in [-0.05, 0) is 30.5 Å². The van der Waals surface area contributed by atoms with Crippen LogP contribution in [0.4, 0.5) is 11.4 Å². The summed E-state index contributed by atoms with van der Waals surface area (Å²) in [6.45, 7) is 0.479. The van der Waals surface area contributed by atoms with Crippen molar-refractivity contribution in [1.82, 2.24) is 0 Å². The lowest BCUT2D eigenvalue weighted by Gasteiger charge is -2.10. The lowest BCUT2D eigenvalue weighted by Crippen LogP contribution is -2.11. The zero-order chi connectivity index (χ0) is 13.0. The van der Waals surface area contributed by atoms with Gasteiger partial charge in [0.2, 0.25) is 0 Å². The number of esters is 1. The fourth-order valence-electron chi connectivity index (χ4n) is 2.46. The summed E-state index contributed by atoms with van der Waals surface area (Å²) in [5.74, 6) is 0.368. The summed E-state index contributed by atoms with van der Waals surface area (Å²) in [5, 5.41) is 0. The zero-order valence-electron chi connectivity index (χ0n) is 10.5. The van der Waals surface area contributed by atoms with Crippen LogP contribution < -0.4 is 11.5 Å². The van der Waals surface area contributed by atoms with Crippen LogP contribution in [0.15, 0.2) is 18.2 Å². The number of nitrogen functional groups attached to an aromatic ring is 2. The van der Waals surface area contributed by atoms with E-state index in [1.807, 2.05) is 0 Å². The Morgan fingerprint density at radius 3 is 2.67 bits per heavy atom. The van der Waals surface area contributed by atoms with Gasteiger partial charge in [-0.25, -0.2) is 4.79 Å². The van der Waals surface area contributed by atoms with Crippen molar-refractivity contribution in [3.05, 3.63) is 23.8 Å². The molecule has 1 saturated carbocycles. The Balaban J connectivity index is 1.83. The molecule has 4 heteroatoms. The third-order valence-electron chi connectivity index (χ3n) is 3.53. The van der Waals surface area contributed by atoms with Gasteiger partial charge < -0.3 is 16.2 Å². The van der Waals surface area contributed by atoms with Crippen LogP contribution in [0.3, 0.4) is 0 Å². The highest BCUT2D eigenvalue weighted by atomic mass is 16.5. The van der Waals surface area contributed by atoms with Gasteiger partial charge in [0, 0.05) is 11.4 Å². The van der Waals surface area contributed by atoms with E-state index in [0.717, 1.165) is 12.3 Å². The number of nitrogens with two attached hydrogens (primary N) is 2. The van der Waals surface area contributed by atoms with Crippen LogP contribution in [-0.4, -0.2) is 12.6 Å². The third-order valence-corrected chi connectivity index (χ3v) is 3.53. The van der Waals surface area contributed by atoms with E-state index in [4.69, 9.17) is 16.2 Å². The second-order valence-corrected chi connectivity index (χ2v) is 4.92. The maximum Gasteiger partial charge on any atom is 0.340 e. The van der Waals surface area contributed by atoms with Gasteiger partial charge in [0.05, 0.1) is 12.2 Å². The zero-order valence-corrected chi connectivity index (χ0v) is 10.5.